The van der Waals surface area contributed by atoms with Gasteiger partial charge in [-0.3, -0.25) is 0 Å². The van der Waals surface area contributed by atoms with E-state index in [0.29, 0.717) is 0 Å². The maximum absolute atomic E-state index is 6.44. The standard InChI is InChI=1S/C12H9AsBr2ClN/c14-10-3-1-9(2-4-10)13(16)17-12-7-5-11(15)6-8-12/h1-8,17H. The molecule has 2 aromatic rings. The van der Waals surface area contributed by atoms with Crippen molar-refractivity contribution >= 4 is 65.8 Å². The Hall–Kier alpha value is 0.0484. The molecule has 0 aromatic heterocycles. The molecule has 1 unspecified atom stereocenters. The van der Waals surface area contributed by atoms with Gasteiger partial charge in [0.25, 0.3) is 0 Å². The molecule has 2 aromatic carbocycles. The zero-order valence-electron chi connectivity index (χ0n) is 8.70. The van der Waals surface area contributed by atoms with Crippen LogP contribution >= 0.6 is 41.8 Å². The Morgan fingerprint density at radius 2 is 1.29 bits per heavy atom. The number of benzene rings is 2. The molecule has 1 atom stereocenters. The maximum atomic E-state index is 6.44. The molecule has 0 aliphatic rings. The van der Waals surface area contributed by atoms with Crippen molar-refractivity contribution in [2.24, 2.45) is 0 Å². The number of anilines is 1. The van der Waals surface area contributed by atoms with E-state index < -0.39 is 13.9 Å². The first-order valence-electron chi connectivity index (χ1n) is 4.89. The second-order valence-corrected chi connectivity index (χ2v) is 9.69. The summed E-state index contributed by atoms with van der Waals surface area (Å²) in [6.07, 6.45) is 0. The number of hydrogen-bond acceptors (Lipinski definition) is 1. The predicted octanol–water partition coefficient (Wildman–Crippen LogP) is 4.26. The van der Waals surface area contributed by atoms with Gasteiger partial charge in [-0.25, -0.2) is 0 Å². The van der Waals surface area contributed by atoms with Crippen LogP contribution in [-0.4, -0.2) is 13.9 Å². The van der Waals surface area contributed by atoms with Gasteiger partial charge >= 0.3 is 127 Å². The minimum absolute atomic E-state index is 1.06. The Morgan fingerprint density at radius 3 is 1.82 bits per heavy atom. The molecule has 1 nitrogen and oxygen atoms in total. The van der Waals surface area contributed by atoms with E-state index in [9.17, 15) is 0 Å². The van der Waals surface area contributed by atoms with E-state index >= 15 is 0 Å². The van der Waals surface area contributed by atoms with E-state index in [1.54, 1.807) is 0 Å². The molecular weight excluding hydrogens is 428 g/mol. The van der Waals surface area contributed by atoms with Crippen molar-refractivity contribution in [3.8, 4) is 0 Å². The number of nitrogens with one attached hydrogen (secondary N) is 1. The third kappa shape index (κ3) is 4.03. The molecule has 0 radical (unpaired) electrons. The number of rotatable bonds is 3. The number of hydrogen-bond donors (Lipinski definition) is 1. The normalized spacial score (nSPS) is 12.2. The van der Waals surface area contributed by atoms with Crippen molar-refractivity contribution < 1.29 is 0 Å². The molecule has 5 heteroatoms. The van der Waals surface area contributed by atoms with Crippen LogP contribution in [0.5, 0.6) is 0 Å². The van der Waals surface area contributed by atoms with Crippen LogP contribution in [0.2, 0.25) is 0 Å². The molecule has 0 amide bonds. The van der Waals surface area contributed by atoms with Gasteiger partial charge in [0.15, 0.2) is 0 Å². The molecule has 0 saturated carbocycles. The summed E-state index contributed by atoms with van der Waals surface area (Å²) in [4.78, 5) is 0. The first-order chi connectivity index (χ1) is 8.15. The summed E-state index contributed by atoms with van der Waals surface area (Å²) >= 11 is 5.12. The van der Waals surface area contributed by atoms with Crippen LogP contribution in [0.25, 0.3) is 0 Å². The number of halogens is 3. The van der Waals surface area contributed by atoms with E-state index in [4.69, 9.17) is 9.95 Å². The molecule has 17 heavy (non-hydrogen) atoms. The van der Waals surface area contributed by atoms with Crippen molar-refractivity contribution in [1.82, 2.24) is 0 Å². The van der Waals surface area contributed by atoms with Gasteiger partial charge in [-0.1, -0.05) is 0 Å². The Morgan fingerprint density at radius 1 is 0.824 bits per heavy atom. The topological polar surface area (TPSA) is 12.0 Å². The van der Waals surface area contributed by atoms with E-state index in [2.05, 4.69) is 48.2 Å². The zero-order valence-corrected chi connectivity index (χ0v) is 14.5. The summed E-state index contributed by atoms with van der Waals surface area (Å²) in [6.45, 7) is 0. The SMILES string of the molecule is Cl[As](Nc1ccc(Br)cc1)c1ccc(Br)cc1. The van der Waals surface area contributed by atoms with E-state index in [1.165, 1.54) is 4.35 Å². The van der Waals surface area contributed by atoms with Gasteiger partial charge in [-0.05, 0) is 0 Å². The Kier molecular flexibility index (Phi) is 4.98. The summed E-state index contributed by atoms with van der Waals surface area (Å²) in [6, 6.07) is 16.2. The first kappa shape index (κ1) is 13.5. The van der Waals surface area contributed by atoms with Crippen LogP contribution in [0.4, 0.5) is 5.69 Å². The van der Waals surface area contributed by atoms with E-state index in [-0.39, 0.29) is 0 Å². The fraction of sp³-hybridized carbons (Fsp3) is 0. The quantitative estimate of drug-likeness (QED) is 0.708. The second kappa shape index (κ2) is 6.28. The molecule has 0 aliphatic carbocycles. The van der Waals surface area contributed by atoms with Crippen molar-refractivity contribution in [2.45, 2.75) is 0 Å². The summed E-state index contributed by atoms with van der Waals surface area (Å²) in [5, 5.41) is 0. The zero-order chi connectivity index (χ0) is 12.3. The summed E-state index contributed by atoms with van der Waals surface area (Å²) in [5.74, 6) is 0. The summed E-state index contributed by atoms with van der Waals surface area (Å²) in [7, 11) is 6.44. The van der Waals surface area contributed by atoms with Crippen LogP contribution in [0.1, 0.15) is 0 Å². The summed E-state index contributed by atoms with van der Waals surface area (Å²) in [5.41, 5.74) is 1.06. The van der Waals surface area contributed by atoms with Crippen LogP contribution < -0.4 is 8.58 Å². The molecule has 1 N–H and O–H groups in total. The van der Waals surface area contributed by atoms with Gasteiger partial charge < -0.3 is 0 Å². The average Bonchev–Trinajstić information content (AvgIpc) is 2.33. The van der Waals surface area contributed by atoms with E-state index in [1.807, 2.05) is 36.4 Å². The van der Waals surface area contributed by atoms with Gasteiger partial charge in [0.2, 0.25) is 0 Å². The van der Waals surface area contributed by atoms with Gasteiger partial charge in [0.05, 0.1) is 0 Å². The molecular formula is C12H9AsBr2ClN. The average molecular weight is 437 g/mol. The van der Waals surface area contributed by atoms with Gasteiger partial charge in [-0.15, -0.1) is 0 Å². The molecule has 0 fully saturated rings. The first-order valence-corrected chi connectivity index (χ1v) is 10.8. The fourth-order valence-corrected chi connectivity index (χ4v) is 4.82. The van der Waals surface area contributed by atoms with Crippen molar-refractivity contribution in [1.29, 1.82) is 0 Å². The van der Waals surface area contributed by atoms with Crippen molar-refractivity contribution in [3.05, 3.63) is 57.5 Å². The van der Waals surface area contributed by atoms with Crippen LogP contribution in [0.3, 0.4) is 0 Å². The van der Waals surface area contributed by atoms with Gasteiger partial charge in [0, 0.05) is 0 Å². The monoisotopic (exact) mass is 435 g/mol. The fourth-order valence-electron chi connectivity index (χ4n) is 1.27. The molecule has 0 spiro atoms. The molecule has 0 aliphatic heterocycles. The van der Waals surface area contributed by atoms with Crippen LogP contribution in [0.15, 0.2) is 57.5 Å². The molecule has 0 heterocycles. The Balaban J connectivity index is 2.08. The molecule has 2 rings (SSSR count). The molecule has 0 bridgehead atoms. The molecule has 88 valence electrons. The van der Waals surface area contributed by atoms with Crippen LogP contribution in [0, 0.1) is 0 Å². The van der Waals surface area contributed by atoms with Crippen molar-refractivity contribution in [3.63, 3.8) is 0 Å². The third-order valence-electron chi connectivity index (χ3n) is 2.12. The summed E-state index contributed by atoms with van der Waals surface area (Å²) < 4.78 is 6.71. The van der Waals surface area contributed by atoms with Gasteiger partial charge in [-0.2, -0.15) is 0 Å². The molecule has 0 saturated heterocycles. The Bertz CT molecular complexity index is 487. The van der Waals surface area contributed by atoms with Crippen molar-refractivity contribution in [2.75, 3.05) is 4.23 Å². The third-order valence-corrected chi connectivity index (χ3v) is 7.17. The predicted molar refractivity (Wildman–Crippen MR) is 83.1 cm³/mol. The second-order valence-electron chi connectivity index (χ2n) is 3.38. The van der Waals surface area contributed by atoms with Gasteiger partial charge in [0.1, 0.15) is 0 Å². The Labute approximate surface area is 126 Å². The van der Waals surface area contributed by atoms with E-state index in [0.717, 1.165) is 14.6 Å². The van der Waals surface area contributed by atoms with Crippen LogP contribution in [-0.2, 0) is 0 Å². The minimum atomic E-state index is -1.71.